The molecule has 0 aromatic rings. The number of allylic oxidation sites excluding steroid dienone is 10. The van der Waals surface area contributed by atoms with E-state index in [1.54, 1.807) is 0 Å². The van der Waals surface area contributed by atoms with Crippen molar-refractivity contribution in [2.45, 2.75) is 322 Å². The SMILES string of the molecule is CCCCC/C=C\C/C=C\C/C=C\CCCCC(=O)OC[C@H](COC(=O)CCCCCCCCCCC/C=C\CCCCCCCC)OC(=O)CCCCCCCCCCC/C=C\CCCCCCCC. The van der Waals surface area contributed by atoms with E-state index in [0.717, 1.165) is 70.6 Å². The standard InChI is InChI=1S/C65H116O6/c1-4-7-10-13-16-19-22-25-28-30-32-34-37-40-43-46-49-52-55-58-64(67)70-61-62(60-69-63(66)57-54-51-48-45-42-39-36-27-24-21-18-15-12-9-6-3)71-65(68)59-56-53-50-47-44-41-38-35-33-31-29-26-23-20-17-14-11-8-5-2/h18,21,25-29,36,42,45,62H,4-17,19-20,22-24,30-35,37-41,43-44,46-61H2,1-3H3/b21-18-,28-25-,29-26-,36-27-,45-42-/t62-/m1/s1. The fourth-order valence-electron chi connectivity index (χ4n) is 8.79. The van der Waals surface area contributed by atoms with Gasteiger partial charge in [0, 0.05) is 19.3 Å². The average Bonchev–Trinajstić information content (AvgIpc) is 3.37. The zero-order valence-corrected chi connectivity index (χ0v) is 47.2. The Bertz CT molecular complexity index is 1280. The third-order valence-electron chi connectivity index (χ3n) is 13.5. The quantitative estimate of drug-likeness (QED) is 0.0261. The van der Waals surface area contributed by atoms with E-state index in [1.807, 2.05) is 0 Å². The van der Waals surface area contributed by atoms with E-state index in [2.05, 4.69) is 81.5 Å². The number of esters is 3. The third kappa shape index (κ3) is 57.9. The Morgan fingerprint density at radius 3 is 0.859 bits per heavy atom. The van der Waals surface area contributed by atoms with E-state index in [4.69, 9.17) is 14.2 Å². The van der Waals surface area contributed by atoms with Crippen molar-refractivity contribution in [1.29, 1.82) is 0 Å². The van der Waals surface area contributed by atoms with Crippen LogP contribution in [0, 0.1) is 0 Å². The summed E-state index contributed by atoms with van der Waals surface area (Å²) in [6.45, 7) is 6.60. The number of ether oxygens (including phenoxy) is 3. The highest BCUT2D eigenvalue weighted by Crippen LogP contribution is 2.16. The molecule has 0 bridgehead atoms. The van der Waals surface area contributed by atoms with Gasteiger partial charge in [-0.15, -0.1) is 0 Å². The fourth-order valence-corrected chi connectivity index (χ4v) is 8.79. The van der Waals surface area contributed by atoms with Crippen molar-refractivity contribution in [2.75, 3.05) is 13.2 Å². The van der Waals surface area contributed by atoms with Crippen molar-refractivity contribution in [3.8, 4) is 0 Å². The Morgan fingerprint density at radius 2 is 0.507 bits per heavy atom. The molecule has 6 heteroatoms. The highest BCUT2D eigenvalue weighted by Gasteiger charge is 2.19. The average molecular weight is 994 g/mol. The lowest BCUT2D eigenvalue weighted by Crippen LogP contribution is -2.30. The van der Waals surface area contributed by atoms with Crippen molar-refractivity contribution in [2.24, 2.45) is 0 Å². The van der Waals surface area contributed by atoms with Gasteiger partial charge in [-0.05, 0) is 109 Å². The van der Waals surface area contributed by atoms with Gasteiger partial charge in [0.05, 0.1) is 0 Å². The van der Waals surface area contributed by atoms with Crippen LogP contribution in [0.5, 0.6) is 0 Å². The lowest BCUT2D eigenvalue weighted by molar-refractivity contribution is -0.167. The molecule has 0 unspecified atom stereocenters. The minimum Gasteiger partial charge on any atom is -0.462 e. The summed E-state index contributed by atoms with van der Waals surface area (Å²) >= 11 is 0. The number of carbonyl (C=O) groups is 3. The molecule has 0 aromatic carbocycles. The highest BCUT2D eigenvalue weighted by molar-refractivity contribution is 5.71. The molecule has 71 heavy (non-hydrogen) atoms. The van der Waals surface area contributed by atoms with E-state index in [-0.39, 0.29) is 31.1 Å². The van der Waals surface area contributed by atoms with E-state index < -0.39 is 6.10 Å². The predicted molar refractivity (Wildman–Crippen MR) is 307 cm³/mol. The molecule has 0 amide bonds. The van der Waals surface area contributed by atoms with Crippen LogP contribution in [0.3, 0.4) is 0 Å². The molecule has 6 nitrogen and oxygen atoms in total. The van der Waals surface area contributed by atoms with Gasteiger partial charge in [0.1, 0.15) is 13.2 Å². The first-order valence-electron chi connectivity index (χ1n) is 30.8. The van der Waals surface area contributed by atoms with Gasteiger partial charge >= 0.3 is 17.9 Å². The molecule has 0 aromatic heterocycles. The molecule has 0 fully saturated rings. The predicted octanol–water partition coefficient (Wildman–Crippen LogP) is 20.8. The summed E-state index contributed by atoms with van der Waals surface area (Å²) < 4.78 is 16.9. The minimum atomic E-state index is -0.792. The molecule has 0 saturated heterocycles. The number of hydrogen-bond donors (Lipinski definition) is 0. The Kier molecular flexibility index (Phi) is 57.2. The number of carbonyl (C=O) groups excluding carboxylic acids is 3. The monoisotopic (exact) mass is 993 g/mol. The van der Waals surface area contributed by atoms with Crippen LogP contribution in [0.1, 0.15) is 316 Å². The van der Waals surface area contributed by atoms with Crippen LogP contribution < -0.4 is 0 Å². The molecule has 0 radical (unpaired) electrons. The molecular formula is C65H116O6. The van der Waals surface area contributed by atoms with Crippen LogP contribution in [0.15, 0.2) is 60.8 Å². The number of hydrogen-bond acceptors (Lipinski definition) is 6. The smallest absolute Gasteiger partial charge is 0.306 e. The first-order chi connectivity index (χ1) is 35.0. The van der Waals surface area contributed by atoms with E-state index >= 15 is 0 Å². The normalized spacial score (nSPS) is 12.4. The largest absolute Gasteiger partial charge is 0.462 e. The summed E-state index contributed by atoms with van der Waals surface area (Å²) in [6, 6.07) is 0. The van der Waals surface area contributed by atoms with E-state index in [1.165, 1.54) is 205 Å². The van der Waals surface area contributed by atoms with Gasteiger partial charge < -0.3 is 14.2 Å². The van der Waals surface area contributed by atoms with Crippen molar-refractivity contribution >= 4 is 17.9 Å². The van der Waals surface area contributed by atoms with Crippen LogP contribution in [0.25, 0.3) is 0 Å². The van der Waals surface area contributed by atoms with Crippen molar-refractivity contribution in [3.63, 3.8) is 0 Å². The minimum absolute atomic E-state index is 0.0866. The molecule has 0 aliphatic carbocycles. The maximum atomic E-state index is 12.9. The van der Waals surface area contributed by atoms with Gasteiger partial charge in [-0.1, -0.05) is 248 Å². The number of unbranched alkanes of at least 4 members (excludes halogenated alkanes) is 35. The van der Waals surface area contributed by atoms with Gasteiger partial charge in [-0.25, -0.2) is 0 Å². The van der Waals surface area contributed by atoms with Gasteiger partial charge in [0.15, 0.2) is 6.10 Å². The van der Waals surface area contributed by atoms with Gasteiger partial charge in [0.2, 0.25) is 0 Å². The summed E-state index contributed by atoms with van der Waals surface area (Å²) in [4.78, 5) is 38.2. The molecule has 0 saturated carbocycles. The zero-order valence-electron chi connectivity index (χ0n) is 47.2. The van der Waals surface area contributed by atoms with Crippen LogP contribution in [-0.2, 0) is 28.6 Å². The maximum Gasteiger partial charge on any atom is 0.306 e. The molecule has 0 aliphatic heterocycles. The highest BCUT2D eigenvalue weighted by atomic mass is 16.6. The van der Waals surface area contributed by atoms with E-state index in [9.17, 15) is 14.4 Å². The molecule has 0 rings (SSSR count). The summed E-state index contributed by atoms with van der Waals surface area (Å²) in [5.74, 6) is -0.916. The Hall–Kier alpha value is -2.89. The Balaban J connectivity index is 4.39. The van der Waals surface area contributed by atoms with Gasteiger partial charge in [-0.2, -0.15) is 0 Å². The summed E-state index contributed by atoms with van der Waals surface area (Å²) in [7, 11) is 0. The molecule has 1 atom stereocenters. The second kappa shape index (κ2) is 59.7. The fraction of sp³-hybridized carbons (Fsp3) is 0.800. The first-order valence-corrected chi connectivity index (χ1v) is 30.8. The molecular weight excluding hydrogens is 877 g/mol. The van der Waals surface area contributed by atoms with Crippen LogP contribution in [0.2, 0.25) is 0 Å². The van der Waals surface area contributed by atoms with Crippen LogP contribution in [-0.4, -0.2) is 37.2 Å². The van der Waals surface area contributed by atoms with E-state index in [0.29, 0.717) is 19.3 Å². The lowest BCUT2D eigenvalue weighted by atomic mass is 10.1. The number of rotatable bonds is 56. The summed E-state index contributed by atoms with van der Waals surface area (Å²) in [5, 5.41) is 0. The maximum absolute atomic E-state index is 12.9. The van der Waals surface area contributed by atoms with Crippen molar-refractivity contribution in [1.82, 2.24) is 0 Å². The van der Waals surface area contributed by atoms with Gasteiger partial charge in [-0.3, -0.25) is 14.4 Å². The molecule has 412 valence electrons. The van der Waals surface area contributed by atoms with Crippen LogP contribution >= 0.6 is 0 Å². The molecule has 0 N–H and O–H groups in total. The van der Waals surface area contributed by atoms with Crippen molar-refractivity contribution in [3.05, 3.63) is 60.8 Å². The molecule has 0 spiro atoms. The second-order valence-electron chi connectivity index (χ2n) is 20.6. The first kappa shape index (κ1) is 68.1. The Morgan fingerprint density at radius 1 is 0.282 bits per heavy atom. The summed E-state index contributed by atoms with van der Waals surface area (Å²) in [6.07, 6.45) is 75.0. The van der Waals surface area contributed by atoms with Crippen LogP contribution in [0.4, 0.5) is 0 Å². The topological polar surface area (TPSA) is 78.9 Å². The third-order valence-corrected chi connectivity index (χ3v) is 13.5. The second-order valence-corrected chi connectivity index (χ2v) is 20.6. The summed E-state index contributed by atoms with van der Waals surface area (Å²) in [5.41, 5.74) is 0. The zero-order chi connectivity index (χ0) is 51.4. The molecule has 0 heterocycles. The molecule has 0 aliphatic rings. The lowest BCUT2D eigenvalue weighted by Gasteiger charge is -2.18. The Labute approximate surface area is 440 Å². The van der Waals surface area contributed by atoms with Gasteiger partial charge in [0.25, 0.3) is 0 Å². The van der Waals surface area contributed by atoms with Crippen molar-refractivity contribution < 1.29 is 28.6 Å².